The van der Waals surface area contributed by atoms with Gasteiger partial charge in [0, 0.05) is 48.1 Å². The predicted molar refractivity (Wildman–Crippen MR) is 150 cm³/mol. The van der Waals surface area contributed by atoms with Gasteiger partial charge in [-0.2, -0.15) is 26.3 Å². The standard InChI is InChI=1S/C30H24F8N4O4/c1-3-23(30(36,37)38)40-16-11-20(31)24(21(32)12-16)26(43)41-22(28(45)46)9-14-6-7-18(25-17(14)5-4-8-39-25)19-10-15(29(33,34)35)13-42(2)27(19)44/h4-8,10-13,22-23,40H,3,9H2,1-2H3,(H,41,43)(H,45,46)/t22-,23+/m0/s1. The highest BCUT2D eigenvalue weighted by Crippen LogP contribution is 2.34. The van der Waals surface area contributed by atoms with Crippen LogP contribution in [-0.4, -0.2) is 44.8 Å². The molecule has 2 atom stereocenters. The zero-order valence-electron chi connectivity index (χ0n) is 23.9. The fourth-order valence-electron chi connectivity index (χ4n) is 4.83. The number of halogens is 8. The maximum absolute atomic E-state index is 14.8. The Balaban J connectivity index is 1.67. The molecule has 0 spiro atoms. The Labute approximate surface area is 254 Å². The summed E-state index contributed by atoms with van der Waals surface area (Å²) in [5, 5.41) is 14.0. The van der Waals surface area contributed by atoms with Crippen LogP contribution in [0.4, 0.5) is 40.8 Å². The average Bonchev–Trinajstić information content (AvgIpc) is 2.95. The highest BCUT2D eigenvalue weighted by molar-refractivity contribution is 5.98. The smallest absolute Gasteiger partial charge is 0.417 e. The number of hydrogen-bond donors (Lipinski definition) is 3. The topological polar surface area (TPSA) is 113 Å². The van der Waals surface area contributed by atoms with Gasteiger partial charge >= 0.3 is 18.3 Å². The summed E-state index contributed by atoms with van der Waals surface area (Å²) in [5.41, 5.74) is -3.79. The van der Waals surface area contributed by atoms with Gasteiger partial charge in [0.2, 0.25) is 0 Å². The number of rotatable bonds is 9. The second-order valence-electron chi connectivity index (χ2n) is 10.3. The Hall–Kier alpha value is -5.02. The van der Waals surface area contributed by atoms with E-state index in [1.165, 1.54) is 37.4 Å². The van der Waals surface area contributed by atoms with Crippen LogP contribution in [0.5, 0.6) is 0 Å². The summed E-state index contributed by atoms with van der Waals surface area (Å²) in [7, 11) is 1.14. The molecule has 0 aliphatic carbocycles. The summed E-state index contributed by atoms with van der Waals surface area (Å²) < 4.78 is 110. The first-order chi connectivity index (χ1) is 21.4. The van der Waals surface area contributed by atoms with Gasteiger partial charge in [0.15, 0.2) is 0 Å². The number of fused-ring (bicyclic) bond motifs is 1. The largest absolute Gasteiger partial charge is 0.480 e. The van der Waals surface area contributed by atoms with Crippen molar-refractivity contribution in [3.05, 3.63) is 93.5 Å². The van der Waals surface area contributed by atoms with E-state index in [0.29, 0.717) is 24.4 Å². The summed E-state index contributed by atoms with van der Waals surface area (Å²) >= 11 is 0. The lowest BCUT2D eigenvalue weighted by Crippen LogP contribution is -2.43. The number of amides is 1. The third-order valence-corrected chi connectivity index (χ3v) is 7.10. The van der Waals surface area contributed by atoms with Crippen molar-refractivity contribution >= 4 is 28.5 Å². The molecule has 3 N–H and O–H groups in total. The van der Waals surface area contributed by atoms with E-state index in [1.807, 2.05) is 10.6 Å². The van der Waals surface area contributed by atoms with Crippen molar-refractivity contribution in [1.82, 2.24) is 14.9 Å². The first kappa shape index (κ1) is 33.9. The van der Waals surface area contributed by atoms with Crippen LogP contribution in [0.15, 0.2) is 59.7 Å². The summed E-state index contributed by atoms with van der Waals surface area (Å²) in [6.07, 6.45) is -8.53. The minimum Gasteiger partial charge on any atom is -0.480 e. The molecule has 0 saturated heterocycles. The molecule has 0 aliphatic rings. The van der Waals surface area contributed by atoms with Crippen LogP contribution < -0.4 is 16.2 Å². The minimum atomic E-state index is -4.77. The lowest BCUT2D eigenvalue weighted by Gasteiger charge is -2.22. The number of alkyl halides is 6. The van der Waals surface area contributed by atoms with Crippen molar-refractivity contribution in [3.63, 3.8) is 0 Å². The van der Waals surface area contributed by atoms with Crippen molar-refractivity contribution in [2.24, 2.45) is 7.05 Å². The van der Waals surface area contributed by atoms with Crippen molar-refractivity contribution in [1.29, 1.82) is 0 Å². The average molecular weight is 657 g/mol. The number of carbonyl (C=O) groups is 2. The predicted octanol–water partition coefficient (Wildman–Crippen LogP) is 6.08. The van der Waals surface area contributed by atoms with Crippen LogP contribution in [0.1, 0.15) is 34.8 Å². The third-order valence-electron chi connectivity index (χ3n) is 7.10. The molecule has 0 saturated carbocycles. The molecular formula is C30H24F8N4O4. The zero-order chi connectivity index (χ0) is 34.1. The van der Waals surface area contributed by atoms with Gasteiger partial charge in [-0.25, -0.2) is 13.6 Å². The van der Waals surface area contributed by atoms with E-state index < -0.39 is 83.2 Å². The van der Waals surface area contributed by atoms with Crippen molar-refractivity contribution < 1.29 is 49.8 Å². The van der Waals surface area contributed by atoms with Crippen molar-refractivity contribution in [2.75, 3.05) is 5.32 Å². The minimum absolute atomic E-state index is 0.00985. The van der Waals surface area contributed by atoms with E-state index in [4.69, 9.17) is 0 Å². The second-order valence-corrected chi connectivity index (χ2v) is 10.3. The SMILES string of the molecule is CC[C@@H](Nc1cc(F)c(C(=O)N[C@@H](Cc2ccc(-c3cc(C(F)(F)F)cn(C)c3=O)c3ncccc23)C(=O)O)c(F)c1)C(F)(F)F. The lowest BCUT2D eigenvalue weighted by molar-refractivity contribution is -0.143. The molecule has 0 radical (unpaired) electrons. The first-order valence-electron chi connectivity index (χ1n) is 13.4. The maximum atomic E-state index is 14.8. The molecule has 0 aliphatic heterocycles. The summed E-state index contributed by atoms with van der Waals surface area (Å²) in [5.74, 6) is -6.25. The van der Waals surface area contributed by atoms with E-state index >= 15 is 0 Å². The Bertz CT molecular complexity index is 1850. The Morgan fingerprint density at radius 2 is 1.65 bits per heavy atom. The highest BCUT2D eigenvalue weighted by atomic mass is 19.4. The quantitative estimate of drug-likeness (QED) is 0.189. The van der Waals surface area contributed by atoms with Crippen molar-refractivity contribution in [2.45, 2.75) is 44.2 Å². The van der Waals surface area contributed by atoms with Crippen LogP contribution in [-0.2, 0) is 24.4 Å². The normalized spacial score (nSPS) is 13.3. The highest BCUT2D eigenvalue weighted by Gasteiger charge is 2.38. The molecule has 2 heterocycles. The third kappa shape index (κ3) is 7.10. The number of aromatic nitrogens is 2. The van der Waals surface area contributed by atoms with Crippen LogP contribution in [0.3, 0.4) is 0 Å². The molecule has 46 heavy (non-hydrogen) atoms. The Morgan fingerprint density at radius 3 is 2.22 bits per heavy atom. The van der Waals surface area contributed by atoms with Gasteiger partial charge < -0.3 is 20.3 Å². The molecule has 2 aromatic carbocycles. The van der Waals surface area contributed by atoms with Gasteiger partial charge in [-0.1, -0.05) is 25.1 Å². The molecule has 1 amide bonds. The Morgan fingerprint density at radius 1 is 1.00 bits per heavy atom. The number of carboxylic acid groups (broad SMARTS) is 1. The van der Waals surface area contributed by atoms with E-state index in [-0.39, 0.29) is 27.6 Å². The first-order valence-corrected chi connectivity index (χ1v) is 13.4. The molecular weight excluding hydrogens is 632 g/mol. The maximum Gasteiger partial charge on any atom is 0.417 e. The number of pyridine rings is 2. The number of carboxylic acids is 1. The number of nitrogens with zero attached hydrogens (tertiary/aromatic N) is 2. The molecule has 0 bridgehead atoms. The van der Waals surface area contributed by atoms with Gasteiger partial charge in [0.05, 0.1) is 11.1 Å². The molecule has 4 rings (SSSR count). The fraction of sp³-hybridized carbons (Fsp3) is 0.267. The number of aryl methyl sites for hydroxylation is 1. The zero-order valence-corrected chi connectivity index (χ0v) is 23.9. The summed E-state index contributed by atoms with van der Waals surface area (Å²) in [6, 6.07) is 3.14. The second kappa shape index (κ2) is 12.8. The molecule has 8 nitrogen and oxygen atoms in total. The molecule has 0 fully saturated rings. The molecule has 0 unspecified atom stereocenters. The number of nitrogens with one attached hydrogen (secondary N) is 2. The number of aliphatic carboxylic acids is 1. The number of benzene rings is 2. The molecule has 2 aromatic heterocycles. The van der Waals surface area contributed by atoms with Crippen LogP contribution >= 0.6 is 0 Å². The monoisotopic (exact) mass is 656 g/mol. The van der Waals surface area contributed by atoms with E-state index in [0.717, 1.165) is 11.6 Å². The van der Waals surface area contributed by atoms with E-state index in [2.05, 4.69) is 4.98 Å². The number of carbonyl (C=O) groups excluding carboxylic acids is 1. The van der Waals surface area contributed by atoms with Gasteiger partial charge in [-0.3, -0.25) is 14.6 Å². The fourth-order valence-corrected chi connectivity index (χ4v) is 4.83. The van der Waals surface area contributed by atoms with Crippen molar-refractivity contribution in [3.8, 4) is 11.1 Å². The molecule has 4 aromatic rings. The van der Waals surface area contributed by atoms with Gasteiger partial charge in [-0.05, 0) is 36.2 Å². The number of anilines is 1. The summed E-state index contributed by atoms with van der Waals surface area (Å²) in [4.78, 5) is 41.9. The summed E-state index contributed by atoms with van der Waals surface area (Å²) in [6.45, 7) is 1.20. The van der Waals surface area contributed by atoms with Crippen LogP contribution in [0, 0.1) is 11.6 Å². The van der Waals surface area contributed by atoms with E-state index in [1.54, 1.807) is 0 Å². The molecule has 244 valence electrons. The van der Waals surface area contributed by atoms with Gasteiger partial charge in [0.1, 0.15) is 29.3 Å². The Kier molecular flexibility index (Phi) is 9.40. The van der Waals surface area contributed by atoms with E-state index in [9.17, 15) is 54.6 Å². The van der Waals surface area contributed by atoms with Gasteiger partial charge in [-0.15, -0.1) is 0 Å². The van der Waals surface area contributed by atoms with Gasteiger partial charge in [0.25, 0.3) is 11.5 Å². The lowest BCUT2D eigenvalue weighted by atomic mass is 9.95. The van der Waals surface area contributed by atoms with Crippen LogP contribution in [0.25, 0.3) is 22.0 Å². The van der Waals surface area contributed by atoms with Crippen LogP contribution in [0.2, 0.25) is 0 Å². The number of hydrogen-bond acceptors (Lipinski definition) is 5. The molecule has 16 heteroatoms.